The number of allylic oxidation sites excluding steroid dienone is 3. The van der Waals surface area contributed by atoms with Gasteiger partial charge in [-0.15, -0.1) is 0 Å². The average molecular weight is 963 g/mol. The number of carbonyl (C=O) groups excluding carboxylic acids is 3. The molecule has 0 saturated carbocycles. The number of nitrogens with one attached hydrogen (secondary N) is 2. The van der Waals surface area contributed by atoms with Crippen molar-refractivity contribution in [2.24, 2.45) is 0 Å². The Labute approximate surface area is 429 Å². The molecule has 0 spiro atoms. The van der Waals surface area contributed by atoms with Crippen LogP contribution in [-0.2, 0) is 4.79 Å². The molecule has 0 fully saturated rings. The van der Waals surface area contributed by atoms with E-state index in [1.54, 1.807) is 60.7 Å². The fraction of sp³-hybridized carbons (Fsp3) is 0.0606. The fourth-order valence-electron chi connectivity index (χ4n) is 9.59. The second-order valence-electron chi connectivity index (χ2n) is 18.9. The topological polar surface area (TPSA) is 105 Å². The summed E-state index contributed by atoms with van der Waals surface area (Å²) in [5.74, 6) is -1.78. The van der Waals surface area contributed by atoms with Crippen molar-refractivity contribution in [2.75, 3.05) is 15.5 Å². The third-order valence-electron chi connectivity index (χ3n) is 13.6. The maximum atomic E-state index is 14.9. The zero-order valence-corrected chi connectivity index (χ0v) is 41.3. The average Bonchev–Trinajstić information content (AvgIpc) is 3.42. The van der Waals surface area contributed by atoms with Crippen LogP contribution in [0.4, 0.5) is 39.8 Å². The summed E-state index contributed by atoms with van der Waals surface area (Å²) in [5.41, 5.74) is 12.6. The van der Waals surface area contributed by atoms with Crippen molar-refractivity contribution in [3.8, 4) is 0 Å². The Balaban J connectivity index is 1.07. The van der Waals surface area contributed by atoms with Gasteiger partial charge in [0, 0.05) is 97.9 Å². The largest absolute Gasteiger partial charge is 0.871 e. The van der Waals surface area contributed by atoms with Crippen LogP contribution in [0.5, 0.6) is 0 Å². The number of hydrogen-bond donors (Lipinski definition) is 2. The minimum atomic E-state index is -0.498. The number of amides is 2. The Bertz CT molecular complexity index is 3860. The number of benzene rings is 9. The molecule has 0 aromatic heterocycles. The molecule has 0 bridgehead atoms. The molecule has 74 heavy (non-hydrogen) atoms. The molecule has 0 radical (unpaired) electrons. The fourth-order valence-corrected chi connectivity index (χ4v) is 9.59. The molecule has 358 valence electrons. The molecular formula is C66H50N4O4. The van der Waals surface area contributed by atoms with E-state index in [1.165, 1.54) is 0 Å². The number of anilines is 5. The van der Waals surface area contributed by atoms with Gasteiger partial charge in [0.2, 0.25) is 17.1 Å². The predicted octanol–water partition coefficient (Wildman–Crippen LogP) is 12.3. The molecule has 11 rings (SSSR count). The normalized spacial score (nSPS) is 13.5. The Morgan fingerprint density at radius 3 is 1.51 bits per heavy atom. The second kappa shape index (κ2) is 19.5. The molecule has 2 aliphatic rings. The van der Waals surface area contributed by atoms with Gasteiger partial charge in [0.25, 0.3) is 11.8 Å². The second-order valence-corrected chi connectivity index (χ2v) is 18.9. The summed E-state index contributed by atoms with van der Waals surface area (Å²) in [6.45, 7) is 8.23. The molecule has 0 aliphatic heterocycles. The van der Waals surface area contributed by atoms with Crippen LogP contribution in [0.15, 0.2) is 212 Å². The first kappa shape index (κ1) is 46.7. The van der Waals surface area contributed by atoms with Crippen molar-refractivity contribution in [3.63, 3.8) is 0 Å². The van der Waals surface area contributed by atoms with Gasteiger partial charge in [-0.3, -0.25) is 14.4 Å². The molecule has 2 N–H and O–H groups in total. The summed E-state index contributed by atoms with van der Waals surface area (Å²) in [5, 5.41) is 23.7. The van der Waals surface area contributed by atoms with Gasteiger partial charge in [-0.25, -0.2) is 0 Å². The highest BCUT2D eigenvalue weighted by molar-refractivity contribution is 6.52. The zero-order valence-electron chi connectivity index (χ0n) is 41.3. The molecule has 2 aliphatic carbocycles. The number of rotatable bonds is 10. The van der Waals surface area contributed by atoms with Crippen molar-refractivity contribution >= 4 is 97.2 Å². The lowest BCUT2D eigenvalue weighted by Crippen LogP contribution is -2.36. The van der Waals surface area contributed by atoms with Crippen LogP contribution in [0, 0.1) is 27.7 Å². The monoisotopic (exact) mass is 962 g/mol. The lowest BCUT2D eigenvalue weighted by molar-refractivity contribution is -0.292. The molecule has 2 amide bonds. The molecular weight excluding hydrogens is 913 g/mol. The van der Waals surface area contributed by atoms with Crippen LogP contribution in [0.25, 0.3) is 34.1 Å². The van der Waals surface area contributed by atoms with E-state index >= 15 is 0 Å². The molecule has 0 heterocycles. The van der Waals surface area contributed by atoms with Gasteiger partial charge in [-0.2, -0.15) is 4.58 Å². The molecule has 8 heteroatoms. The molecule has 0 saturated heterocycles. The first-order valence-corrected chi connectivity index (χ1v) is 24.6. The van der Waals surface area contributed by atoms with E-state index in [0.717, 1.165) is 78.0 Å². The van der Waals surface area contributed by atoms with Crippen LogP contribution in [0.2, 0.25) is 0 Å². The molecule has 0 unspecified atom stereocenters. The van der Waals surface area contributed by atoms with E-state index < -0.39 is 23.4 Å². The molecule has 0 atom stereocenters. The van der Waals surface area contributed by atoms with Gasteiger partial charge in [0.15, 0.2) is 5.78 Å². The molecule has 8 nitrogen and oxygen atoms in total. The lowest BCUT2D eigenvalue weighted by Gasteiger charge is -2.32. The number of nitrogens with zero attached hydrogens (tertiary/aromatic N) is 2. The van der Waals surface area contributed by atoms with Crippen molar-refractivity contribution in [1.82, 2.24) is 4.58 Å². The smallest absolute Gasteiger partial charge is 0.255 e. The number of hydrogen-bond acceptors (Lipinski definition) is 5. The van der Waals surface area contributed by atoms with Crippen LogP contribution in [0.3, 0.4) is 0 Å². The van der Waals surface area contributed by atoms with Crippen LogP contribution < -0.4 is 35.7 Å². The first-order valence-electron chi connectivity index (χ1n) is 24.6. The molecule has 9 aromatic carbocycles. The van der Waals surface area contributed by atoms with Gasteiger partial charge in [-0.05, 0) is 140 Å². The minimum Gasteiger partial charge on any atom is -0.871 e. The third-order valence-corrected chi connectivity index (χ3v) is 13.6. The Kier molecular flexibility index (Phi) is 12.3. The Morgan fingerprint density at radius 2 is 0.986 bits per heavy atom. The van der Waals surface area contributed by atoms with Gasteiger partial charge >= 0.3 is 0 Å². The summed E-state index contributed by atoms with van der Waals surface area (Å²) >= 11 is 0. The Hall–Kier alpha value is -9.66. The van der Waals surface area contributed by atoms with E-state index in [9.17, 15) is 19.5 Å². The SMILES string of the molecule is Cc1ccc(N(c2ccc(C)cc2)c2ccc3cc(C4=C([O-])/C(=c5/cc6c(cc5NC(=O)c5ccccc5)=CC(=[N+](c5ccc(C)cc5)c5ccc(C)cc5)C=C6)C4=O)c(NC(=O)c4ccccc4)cc3c2)cc1. The summed E-state index contributed by atoms with van der Waals surface area (Å²) < 4.78 is 2.17. The third kappa shape index (κ3) is 9.12. The van der Waals surface area contributed by atoms with Crippen molar-refractivity contribution < 1.29 is 19.5 Å². The van der Waals surface area contributed by atoms with E-state index in [1.807, 2.05) is 60.7 Å². The van der Waals surface area contributed by atoms with Crippen LogP contribution >= 0.6 is 0 Å². The highest BCUT2D eigenvalue weighted by Gasteiger charge is 2.33. The van der Waals surface area contributed by atoms with Crippen molar-refractivity contribution in [3.05, 3.63) is 267 Å². The maximum absolute atomic E-state index is 14.9. The highest BCUT2D eigenvalue weighted by Crippen LogP contribution is 2.42. The number of fused-ring (bicyclic) bond motifs is 2. The number of ketones is 1. The van der Waals surface area contributed by atoms with E-state index in [0.29, 0.717) is 33.3 Å². The van der Waals surface area contributed by atoms with Gasteiger partial charge in [-0.1, -0.05) is 119 Å². The molecule has 9 aromatic rings. The summed E-state index contributed by atoms with van der Waals surface area (Å²) in [4.78, 5) is 45.1. The van der Waals surface area contributed by atoms with E-state index in [2.05, 4.69) is 145 Å². The number of aryl methyl sites for hydroxylation is 4. The quantitative estimate of drug-likeness (QED) is 0.133. The van der Waals surface area contributed by atoms with E-state index in [-0.39, 0.29) is 11.1 Å². The summed E-state index contributed by atoms with van der Waals surface area (Å²) in [6.07, 6.45) is 6.04. The maximum Gasteiger partial charge on any atom is 0.255 e. The van der Waals surface area contributed by atoms with Crippen molar-refractivity contribution in [2.45, 2.75) is 27.7 Å². The Morgan fingerprint density at radius 1 is 0.486 bits per heavy atom. The minimum absolute atomic E-state index is 0.0575. The number of Topliss-reactive ketones (excluding diaryl/α,β-unsaturated/α-hetero) is 1. The lowest BCUT2D eigenvalue weighted by atomic mass is 9.80. The highest BCUT2D eigenvalue weighted by atomic mass is 16.3. The standard InChI is InChI=1S/C66H50N4O4/c1-41-15-25-51(26-16-41)69(52-27-17-42(2)18-28-52)55-33-23-47-37-57(59(39-49(47)35-55)67-65(73)45-11-7-5-8-12-45)61-63(71)62(64(61)72)58-38-48-24-34-56(36-50(48)40-60(58)68-66(74)46-13-9-6-10-14-46)70(53-29-19-43(3)20-30-53)54-31-21-44(4)22-32-54/h5-40H,1-4H3,(H2,67,68,71,72,73,74). The van der Waals surface area contributed by atoms with E-state index in [4.69, 9.17) is 0 Å². The van der Waals surface area contributed by atoms with Crippen molar-refractivity contribution in [1.29, 1.82) is 0 Å². The van der Waals surface area contributed by atoms with Gasteiger partial charge in [0.1, 0.15) is 0 Å². The first-order chi connectivity index (χ1) is 35.9. The van der Waals surface area contributed by atoms with Crippen LogP contribution in [-0.4, -0.2) is 23.3 Å². The zero-order chi connectivity index (χ0) is 51.0. The number of carbonyl (C=O) groups is 3. The van der Waals surface area contributed by atoms with Crippen LogP contribution in [0.1, 0.15) is 54.1 Å². The summed E-state index contributed by atoms with van der Waals surface area (Å²) in [7, 11) is 0. The van der Waals surface area contributed by atoms with Gasteiger partial charge < -0.3 is 20.6 Å². The predicted molar refractivity (Wildman–Crippen MR) is 300 cm³/mol. The summed E-state index contributed by atoms with van der Waals surface area (Å²) in [6, 6.07) is 64.3. The van der Waals surface area contributed by atoms with Gasteiger partial charge in [0.05, 0.1) is 0 Å².